The lowest BCUT2D eigenvalue weighted by Crippen LogP contribution is -2.37. The molecule has 3 rings (SSSR count). The number of nitrogens with zero attached hydrogens (tertiary/aromatic N) is 1. The molecule has 2 aromatic carbocycles. The van der Waals surface area contributed by atoms with Gasteiger partial charge in [-0.25, -0.2) is 0 Å². The van der Waals surface area contributed by atoms with Gasteiger partial charge in [-0.1, -0.05) is 18.2 Å². The van der Waals surface area contributed by atoms with E-state index in [2.05, 4.69) is 5.32 Å². The Kier molecular flexibility index (Phi) is 6.31. The SMILES string of the molecule is COc1ccc(CNC(=O)COC(=O)CN2C(=O)c3ccccc3C2=O)cc1OC. The summed E-state index contributed by atoms with van der Waals surface area (Å²) in [5, 5.41) is 2.61. The van der Waals surface area contributed by atoms with E-state index in [1.807, 2.05) is 0 Å². The van der Waals surface area contributed by atoms with Crippen LogP contribution in [0.5, 0.6) is 11.5 Å². The summed E-state index contributed by atoms with van der Waals surface area (Å²) in [6, 6.07) is 11.5. The quantitative estimate of drug-likeness (QED) is 0.512. The van der Waals surface area contributed by atoms with E-state index in [1.54, 1.807) is 30.3 Å². The molecule has 0 saturated heterocycles. The number of ether oxygens (including phenoxy) is 3. The predicted molar refractivity (Wildman–Crippen MR) is 104 cm³/mol. The van der Waals surface area contributed by atoms with Gasteiger partial charge in [0.2, 0.25) is 0 Å². The summed E-state index contributed by atoms with van der Waals surface area (Å²) in [4.78, 5) is 49.2. The molecule has 1 aliphatic rings. The Hall–Kier alpha value is -3.88. The first-order chi connectivity index (χ1) is 14.4. The van der Waals surface area contributed by atoms with E-state index in [9.17, 15) is 19.2 Å². The van der Waals surface area contributed by atoms with Crippen molar-refractivity contribution in [3.05, 3.63) is 59.2 Å². The third kappa shape index (κ3) is 4.40. The number of amides is 3. The van der Waals surface area contributed by atoms with E-state index in [4.69, 9.17) is 14.2 Å². The van der Waals surface area contributed by atoms with Crippen molar-refractivity contribution in [3.8, 4) is 11.5 Å². The molecule has 30 heavy (non-hydrogen) atoms. The maximum atomic E-state index is 12.2. The van der Waals surface area contributed by atoms with Crippen LogP contribution in [0.15, 0.2) is 42.5 Å². The van der Waals surface area contributed by atoms with Crippen LogP contribution < -0.4 is 14.8 Å². The Labute approximate surface area is 172 Å². The van der Waals surface area contributed by atoms with Crippen LogP contribution in [-0.4, -0.2) is 56.0 Å². The van der Waals surface area contributed by atoms with Gasteiger partial charge in [-0.2, -0.15) is 0 Å². The number of esters is 1. The zero-order valence-corrected chi connectivity index (χ0v) is 16.5. The largest absolute Gasteiger partial charge is 0.493 e. The number of nitrogens with one attached hydrogen (secondary N) is 1. The molecule has 9 nitrogen and oxygen atoms in total. The molecule has 0 aliphatic carbocycles. The van der Waals surface area contributed by atoms with Gasteiger partial charge in [-0.05, 0) is 29.8 Å². The van der Waals surface area contributed by atoms with E-state index < -0.39 is 36.8 Å². The van der Waals surface area contributed by atoms with E-state index >= 15 is 0 Å². The molecule has 0 unspecified atom stereocenters. The number of benzene rings is 2. The van der Waals surface area contributed by atoms with Crippen molar-refractivity contribution in [1.29, 1.82) is 0 Å². The second-order valence-electron chi connectivity index (χ2n) is 6.37. The van der Waals surface area contributed by atoms with Crippen LogP contribution in [0, 0.1) is 0 Å². The minimum Gasteiger partial charge on any atom is -0.493 e. The molecule has 0 aromatic heterocycles. The second-order valence-corrected chi connectivity index (χ2v) is 6.37. The molecule has 156 valence electrons. The molecule has 2 aromatic rings. The van der Waals surface area contributed by atoms with Gasteiger partial charge in [0.15, 0.2) is 18.1 Å². The molecule has 0 fully saturated rings. The molecule has 0 bridgehead atoms. The Bertz CT molecular complexity index is 968. The van der Waals surface area contributed by atoms with Gasteiger partial charge in [0.1, 0.15) is 6.54 Å². The molecule has 1 heterocycles. The summed E-state index contributed by atoms with van der Waals surface area (Å²) in [6.45, 7) is -0.903. The average molecular weight is 412 g/mol. The third-order valence-electron chi connectivity index (χ3n) is 4.47. The first-order valence-corrected chi connectivity index (χ1v) is 9.03. The monoisotopic (exact) mass is 412 g/mol. The molecule has 3 amide bonds. The van der Waals surface area contributed by atoms with Gasteiger partial charge in [0, 0.05) is 6.54 Å². The molecule has 0 atom stereocenters. The van der Waals surface area contributed by atoms with Crippen LogP contribution in [0.2, 0.25) is 0 Å². The minimum atomic E-state index is -0.856. The number of hydrogen-bond donors (Lipinski definition) is 1. The number of hydrogen-bond acceptors (Lipinski definition) is 7. The van der Waals surface area contributed by atoms with Crippen LogP contribution in [0.4, 0.5) is 0 Å². The molecule has 9 heteroatoms. The summed E-state index contributed by atoms with van der Waals surface area (Å²) in [7, 11) is 3.03. The molecular formula is C21H20N2O7. The van der Waals surface area contributed by atoms with Gasteiger partial charge in [0.25, 0.3) is 17.7 Å². The van der Waals surface area contributed by atoms with E-state index in [-0.39, 0.29) is 17.7 Å². The number of methoxy groups -OCH3 is 2. The number of carbonyl (C=O) groups is 4. The summed E-state index contributed by atoms with van der Waals surface area (Å²) in [5.41, 5.74) is 1.24. The third-order valence-corrected chi connectivity index (χ3v) is 4.47. The fourth-order valence-electron chi connectivity index (χ4n) is 2.95. The molecule has 0 spiro atoms. The van der Waals surface area contributed by atoms with Crippen LogP contribution in [0.25, 0.3) is 0 Å². The van der Waals surface area contributed by atoms with Gasteiger partial charge in [-0.3, -0.25) is 24.1 Å². The van der Waals surface area contributed by atoms with Gasteiger partial charge in [0.05, 0.1) is 25.3 Å². The Morgan fingerprint density at radius 1 is 0.933 bits per heavy atom. The lowest BCUT2D eigenvalue weighted by molar-refractivity contribution is -0.148. The van der Waals surface area contributed by atoms with Crippen molar-refractivity contribution in [1.82, 2.24) is 10.2 Å². The zero-order chi connectivity index (χ0) is 21.7. The number of fused-ring (bicyclic) bond motifs is 1. The van der Waals surface area contributed by atoms with Crippen molar-refractivity contribution in [2.24, 2.45) is 0 Å². The molecule has 1 N–H and O–H groups in total. The van der Waals surface area contributed by atoms with Crippen LogP contribution >= 0.6 is 0 Å². The maximum absolute atomic E-state index is 12.2. The topological polar surface area (TPSA) is 111 Å². The number of imide groups is 1. The fourth-order valence-corrected chi connectivity index (χ4v) is 2.95. The van der Waals surface area contributed by atoms with Crippen molar-refractivity contribution in [3.63, 3.8) is 0 Å². The summed E-state index contributed by atoms with van der Waals surface area (Å²) < 4.78 is 15.2. The maximum Gasteiger partial charge on any atom is 0.326 e. The van der Waals surface area contributed by atoms with Crippen molar-refractivity contribution >= 4 is 23.7 Å². The number of rotatable bonds is 8. The first-order valence-electron chi connectivity index (χ1n) is 9.03. The highest BCUT2D eigenvalue weighted by atomic mass is 16.5. The van der Waals surface area contributed by atoms with Gasteiger partial charge in [-0.15, -0.1) is 0 Å². The minimum absolute atomic E-state index is 0.190. The highest BCUT2D eigenvalue weighted by Gasteiger charge is 2.36. The smallest absolute Gasteiger partial charge is 0.326 e. The summed E-state index contributed by atoms with van der Waals surface area (Å²) in [6.07, 6.45) is 0. The predicted octanol–water partition coefficient (Wildman–Crippen LogP) is 1.16. The lowest BCUT2D eigenvalue weighted by Gasteiger charge is -2.13. The Morgan fingerprint density at radius 2 is 1.57 bits per heavy atom. The van der Waals surface area contributed by atoms with E-state index in [0.29, 0.717) is 11.5 Å². The van der Waals surface area contributed by atoms with Crippen LogP contribution in [-0.2, 0) is 20.9 Å². The van der Waals surface area contributed by atoms with Crippen LogP contribution in [0.1, 0.15) is 26.3 Å². The Balaban J connectivity index is 1.47. The van der Waals surface area contributed by atoms with E-state index in [0.717, 1.165) is 10.5 Å². The standard InChI is InChI=1S/C21H20N2O7/c1-28-16-8-7-13(9-17(16)29-2)10-22-18(24)12-30-19(25)11-23-20(26)14-5-3-4-6-15(14)21(23)27/h3-9H,10-12H2,1-2H3,(H,22,24). The molecule has 0 radical (unpaired) electrons. The van der Waals surface area contributed by atoms with Crippen molar-refractivity contribution in [2.45, 2.75) is 6.54 Å². The highest BCUT2D eigenvalue weighted by Crippen LogP contribution is 2.27. The summed E-state index contributed by atoms with van der Waals surface area (Å²) in [5.74, 6) is -1.42. The van der Waals surface area contributed by atoms with Crippen molar-refractivity contribution < 1.29 is 33.4 Å². The average Bonchev–Trinajstić information content (AvgIpc) is 3.01. The van der Waals surface area contributed by atoms with Crippen molar-refractivity contribution in [2.75, 3.05) is 27.4 Å². The normalized spacial score (nSPS) is 12.4. The molecule has 0 saturated carbocycles. The van der Waals surface area contributed by atoms with Gasteiger partial charge < -0.3 is 19.5 Å². The zero-order valence-electron chi connectivity index (χ0n) is 16.5. The summed E-state index contributed by atoms with van der Waals surface area (Å²) >= 11 is 0. The first kappa shape index (κ1) is 20.8. The Morgan fingerprint density at radius 3 is 2.17 bits per heavy atom. The van der Waals surface area contributed by atoms with E-state index in [1.165, 1.54) is 26.4 Å². The fraction of sp³-hybridized carbons (Fsp3) is 0.238. The van der Waals surface area contributed by atoms with Crippen LogP contribution in [0.3, 0.4) is 0 Å². The molecule has 1 aliphatic heterocycles. The highest BCUT2D eigenvalue weighted by molar-refractivity contribution is 6.22. The second kappa shape index (κ2) is 9.08. The van der Waals surface area contributed by atoms with Gasteiger partial charge >= 0.3 is 5.97 Å². The lowest BCUT2D eigenvalue weighted by atomic mass is 10.1. The number of carbonyl (C=O) groups excluding carboxylic acids is 4. The molecular weight excluding hydrogens is 392 g/mol.